The van der Waals surface area contributed by atoms with Crippen LogP contribution in [0.5, 0.6) is 0 Å². The van der Waals surface area contributed by atoms with Crippen LogP contribution < -0.4 is 5.32 Å². The minimum absolute atomic E-state index is 0.0914. The van der Waals surface area contributed by atoms with Gasteiger partial charge in [-0.05, 0) is 25.1 Å². The van der Waals surface area contributed by atoms with Crippen molar-refractivity contribution in [3.63, 3.8) is 0 Å². The molecule has 6 nitrogen and oxygen atoms in total. The van der Waals surface area contributed by atoms with Crippen LogP contribution in [0.25, 0.3) is 10.9 Å². The number of nitrogens with one attached hydrogen (secondary N) is 1. The summed E-state index contributed by atoms with van der Waals surface area (Å²) in [5.41, 5.74) is 0.767. The number of aryl methyl sites for hydroxylation is 1. The SMILES string of the molecule is Cn1cc(C(C)(O)CNC(=O)c2cccc3ncccc23)cn1. The van der Waals surface area contributed by atoms with Gasteiger partial charge in [0.1, 0.15) is 5.60 Å². The lowest BCUT2D eigenvalue weighted by Crippen LogP contribution is -2.38. The molecule has 0 aliphatic heterocycles. The summed E-state index contributed by atoms with van der Waals surface area (Å²) < 4.78 is 1.61. The molecule has 0 saturated carbocycles. The summed E-state index contributed by atoms with van der Waals surface area (Å²) in [5.74, 6) is -0.243. The highest BCUT2D eigenvalue weighted by molar-refractivity contribution is 6.06. The molecule has 1 unspecified atom stereocenters. The number of pyridine rings is 1. The van der Waals surface area contributed by atoms with Gasteiger partial charge in [-0.1, -0.05) is 12.1 Å². The van der Waals surface area contributed by atoms with Gasteiger partial charge in [0.15, 0.2) is 0 Å². The van der Waals surface area contributed by atoms with E-state index in [0.29, 0.717) is 11.1 Å². The molecule has 0 spiro atoms. The molecule has 0 bridgehead atoms. The van der Waals surface area contributed by atoms with E-state index in [1.807, 2.05) is 12.1 Å². The standard InChI is InChI=1S/C17H18N4O2/c1-17(23,12-9-20-21(2)10-12)11-19-16(22)14-5-3-7-15-13(14)6-4-8-18-15/h3-10,23H,11H2,1-2H3,(H,19,22). The first-order valence-electron chi connectivity index (χ1n) is 7.31. The number of hydrogen-bond donors (Lipinski definition) is 2. The predicted molar refractivity (Wildman–Crippen MR) is 86.9 cm³/mol. The first-order valence-corrected chi connectivity index (χ1v) is 7.31. The van der Waals surface area contributed by atoms with Crippen molar-refractivity contribution in [3.8, 4) is 0 Å². The van der Waals surface area contributed by atoms with Crippen LogP contribution >= 0.6 is 0 Å². The summed E-state index contributed by atoms with van der Waals surface area (Å²) in [6, 6.07) is 9.06. The molecule has 2 heterocycles. The van der Waals surface area contributed by atoms with Crippen LogP contribution in [0.2, 0.25) is 0 Å². The third-order valence-corrected chi connectivity index (χ3v) is 3.81. The van der Waals surface area contributed by atoms with E-state index in [0.717, 1.165) is 10.9 Å². The molecule has 1 amide bonds. The van der Waals surface area contributed by atoms with Crippen LogP contribution in [0.3, 0.4) is 0 Å². The van der Waals surface area contributed by atoms with Gasteiger partial charge in [0, 0.05) is 36.0 Å². The van der Waals surface area contributed by atoms with E-state index in [1.165, 1.54) is 0 Å². The van der Waals surface area contributed by atoms with Crippen molar-refractivity contribution in [2.24, 2.45) is 7.05 Å². The van der Waals surface area contributed by atoms with Gasteiger partial charge in [-0.15, -0.1) is 0 Å². The van der Waals surface area contributed by atoms with Crippen LogP contribution in [0, 0.1) is 0 Å². The topological polar surface area (TPSA) is 80.0 Å². The van der Waals surface area contributed by atoms with Gasteiger partial charge in [0.05, 0.1) is 18.3 Å². The molecule has 2 N–H and O–H groups in total. The molecule has 1 aromatic carbocycles. The minimum atomic E-state index is -1.19. The maximum atomic E-state index is 12.5. The number of benzene rings is 1. The highest BCUT2D eigenvalue weighted by Crippen LogP contribution is 2.20. The fourth-order valence-electron chi connectivity index (χ4n) is 2.45. The summed E-state index contributed by atoms with van der Waals surface area (Å²) >= 11 is 0. The van der Waals surface area contributed by atoms with Gasteiger partial charge < -0.3 is 10.4 Å². The molecular weight excluding hydrogens is 292 g/mol. The van der Waals surface area contributed by atoms with Crippen molar-refractivity contribution in [1.29, 1.82) is 0 Å². The highest BCUT2D eigenvalue weighted by atomic mass is 16.3. The zero-order valence-corrected chi connectivity index (χ0v) is 13.0. The van der Waals surface area contributed by atoms with E-state index in [2.05, 4.69) is 15.4 Å². The molecule has 23 heavy (non-hydrogen) atoms. The monoisotopic (exact) mass is 310 g/mol. The van der Waals surface area contributed by atoms with E-state index >= 15 is 0 Å². The second-order valence-corrected chi connectivity index (χ2v) is 5.73. The molecule has 0 radical (unpaired) electrons. The zero-order chi connectivity index (χ0) is 16.4. The van der Waals surface area contributed by atoms with E-state index in [1.54, 1.807) is 55.4 Å². The number of fused-ring (bicyclic) bond motifs is 1. The first-order chi connectivity index (χ1) is 11.0. The fourth-order valence-corrected chi connectivity index (χ4v) is 2.45. The molecule has 3 aromatic rings. The van der Waals surface area contributed by atoms with Gasteiger partial charge in [-0.2, -0.15) is 5.10 Å². The number of aromatic nitrogens is 3. The van der Waals surface area contributed by atoms with E-state index in [4.69, 9.17) is 0 Å². The molecule has 3 rings (SSSR count). The smallest absolute Gasteiger partial charge is 0.252 e. The number of amides is 1. The Hall–Kier alpha value is -2.73. The summed E-state index contributed by atoms with van der Waals surface area (Å²) in [6.45, 7) is 1.74. The number of nitrogens with zero attached hydrogens (tertiary/aromatic N) is 3. The number of carbonyl (C=O) groups excluding carboxylic acids is 1. The average Bonchev–Trinajstić information content (AvgIpc) is 2.99. The molecule has 0 saturated heterocycles. The summed E-state index contributed by atoms with van der Waals surface area (Å²) in [4.78, 5) is 16.7. The second-order valence-electron chi connectivity index (χ2n) is 5.73. The maximum absolute atomic E-state index is 12.5. The number of carbonyl (C=O) groups is 1. The van der Waals surface area contributed by atoms with Crippen molar-refractivity contribution in [2.45, 2.75) is 12.5 Å². The van der Waals surface area contributed by atoms with Crippen molar-refractivity contribution >= 4 is 16.8 Å². The van der Waals surface area contributed by atoms with Gasteiger partial charge >= 0.3 is 0 Å². The van der Waals surface area contributed by atoms with E-state index < -0.39 is 5.60 Å². The van der Waals surface area contributed by atoms with Crippen LogP contribution in [-0.2, 0) is 12.6 Å². The van der Waals surface area contributed by atoms with E-state index in [-0.39, 0.29) is 12.5 Å². The van der Waals surface area contributed by atoms with E-state index in [9.17, 15) is 9.90 Å². The van der Waals surface area contributed by atoms with Crippen molar-refractivity contribution in [2.75, 3.05) is 6.54 Å². The summed E-state index contributed by atoms with van der Waals surface area (Å²) in [7, 11) is 1.78. The number of aliphatic hydroxyl groups is 1. The molecule has 0 aliphatic carbocycles. The molecule has 0 aliphatic rings. The Kier molecular flexibility index (Phi) is 3.83. The maximum Gasteiger partial charge on any atom is 0.252 e. The van der Waals surface area contributed by atoms with Gasteiger partial charge in [-0.25, -0.2) is 0 Å². The Morgan fingerprint density at radius 3 is 2.91 bits per heavy atom. The Labute approximate surface area is 133 Å². The van der Waals surface area contributed by atoms with Crippen LogP contribution in [0.1, 0.15) is 22.8 Å². The van der Waals surface area contributed by atoms with Gasteiger partial charge in [-0.3, -0.25) is 14.5 Å². The lowest BCUT2D eigenvalue weighted by atomic mass is 9.99. The number of rotatable bonds is 4. The molecule has 0 fully saturated rings. The molecule has 6 heteroatoms. The Bertz CT molecular complexity index is 849. The predicted octanol–water partition coefficient (Wildman–Crippen LogP) is 1.61. The lowest BCUT2D eigenvalue weighted by Gasteiger charge is -2.22. The summed E-state index contributed by atoms with van der Waals surface area (Å²) in [5, 5.41) is 18.1. The minimum Gasteiger partial charge on any atom is -0.383 e. The first kappa shape index (κ1) is 15.2. The zero-order valence-electron chi connectivity index (χ0n) is 13.0. The van der Waals surface area contributed by atoms with Crippen molar-refractivity contribution in [1.82, 2.24) is 20.1 Å². The van der Waals surface area contributed by atoms with Crippen LogP contribution in [-0.4, -0.2) is 32.3 Å². The fraction of sp³-hybridized carbons (Fsp3) is 0.235. The van der Waals surface area contributed by atoms with Crippen molar-refractivity contribution < 1.29 is 9.90 Å². The third-order valence-electron chi connectivity index (χ3n) is 3.81. The quantitative estimate of drug-likeness (QED) is 0.767. The number of hydrogen-bond acceptors (Lipinski definition) is 4. The Balaban J connectivity index is 1.79. The molecular formula is C17H18N4O2. The molecule has 2 aromatic heterocycles. The highest BCUT2D eigenvalue weighted by Gasteiger charge is 2.25. The molecule has 118 valence electrons. The van der Waals surface area contributed by atoms with Gasteiger partial charge in [0.25, 0.3) is 5.91 Å². The Morgan fingerprint density at radius 2 is 2.17 bits per heavy atom. The van der Waals surface area contributed by atoms with Crippen molar-refractivity contribution in [3.05, 3.63) is 60.0 Å². The Morgan fingerprint density at radius 1 is 1.35 bits per heavy atom. The second kappa shape index (κ2) is 5.81. The lowest BCUT2D eigenvalue weighted by molar-refractivity contribution is 0.0526. The third kappa shape index (κ3) is 3.07. The molecule has 1 atom stereocenters. The van der Waals surface area contributed by atoms with Crippen LogP contribution in [0.4, 0.5) is 0 Å². The average molecular weight is 310 g/mol. The van der Waals surface area contributed by atoms with Gasteiger partial charge in [0.2, 0.25) is 0 Å². The largest absolute Gasteiger partial charge is 0.383 e. The normalized spacial score (nSPS) is 13.7. The summed E-state index contributed by atoms with van der Waals surface area (Å²) in [6.07, 6.45) is 5.01. The van der Waals surface area contributed by atoms with Crippen LogP contribution in [0.15, 0.2) is 48.9 Å².